The lowest BCUT2D eigenvalue weighted by molar-refractivity contribution is 0.561. The lowest BCUT2D eigenvalue weighted by Gasteiger charge is -2.24. The SMILES string of the molecule is Cc1ccc(C(c2ccccc2C)C(C)C)cc1. The van der Waals surface area contributed by atoms with E-state index in [1.807, 2.05) is 0 Å². The minimum atomic E-state index is 0.492. The Kier molecular flexibility index (Phi) is 3.86. The van der Waals surface area contributed by atoms with Crippen LogP contribution >= 0.6 is 0 Å². The molecule has 0 N–H and O–H groups in total. The van der Waals surface area contributed by atoms with E-state index in [1.54, 1.807) is 0 Å². The van der Waals surface area contributed by atoms with E-state index in [4.69, 9.17) is 0 Å². The number of benzene rings is 2. The molecule has 1 atom stereocenters. The number of hydrogen-bond acceptors (Lipinski definition) is 0. The van der Waals surface area contributed by atoms with Gasteiger partial charge in [0.1, 0.15) is 0 Å². The van der Waals surface area contributed by atoms with Crippen molar-refractivity contribution in [3.05, 3.63) is 70.8 Å². The zero-order valence-electron chi connectivity index (χ0n) is 11.8. The summed E-state index contributed by atoms with van der Waals surface area (Å²) in [6.45, 7) is 8.95. The molecule has 0 spiro atoms. The van der Waals surface area contributed by atoms with Gasteiger partial charge in [0.2, 0.25) is 0 Å². The van der Waals surface area contributed by atoms with E-state index in [-0.39, 0.29) is 0 Å². The quantitative estimate of drug-likeness (QED) is 0.698. The topological polar surface area (TPSA) is 0 Å². The van der Waals surface area contributed by atoms with E-state index in [2.05, 4.69) is 76.2 Å². The van der Waals surface area contributed by atoms with Crippen LogP contribution in [0, 0.1) is 19.8 Å². The smallest absolute Gasteiger partial charge is 0.0115 e. The minimum Gasteiger partial charge on any atom is -0.0620 e. The van der Waals surface area contributed by atoms with Crippen molar-refractivity contribution in [2.75, 3.05) is 0 Å². The predicted molar refractivity (Wildman–Crippen MR) is 79.0 cm³/mol. The van der Waals surface area contributed by atoms with Crippen LogP contribution in [0.5, 0.6) is 0 Å². The first-order valence-corrected chi connectivity index (χ1v) is 6.71. The van der Waals surface area contributed by atoms with Crippen LogP contribution in [0.25, 0.3) is 0 Å². The third kappa shape index (κ3) is 2.64. The molecular weight excluding hydrogens is 216 g/mol. The average molecular weight is 238 g/mol. The summed E-state index contributed by atoms with van der Waals surface area (Å²) < 4.78 is 0. The van der Waals surface area contributed by atoms with E-state index in [9.17, 15) is 0 Å². The third-order valence-electron chi connectivity index (χ3n) is 3.63. The van der Waals surface area contributed by atoms with Crippen LogP contribution < -0.4 is 0 Å². The van der Waals surface area contributed by atoms with Crippen LogP contribution in [0.1, 0.15) is 42.0 Å². The Hall–Kier alpha value is -1.56. The van der Waals surface area contributed by atoms with Gasteiger partial charge in [0.25, 0.3) is 0 Å². The normalized spacial score (nSPS) is 12.7. The number of aryl methyl sites for hydroxylation is 2. The Morgan fingerprint density at radius 1 is 0.778 bits per heavy atom. The van der Waals surface area contributed by atoms with E-state index in [0.717, 1.165) is 0 Å². The van der Waals surface area contributed by atoms with Gasteiger partial charge >= 0.3 is 0 Å². The molecular formula is C18H22. The first kappa shape index (κ1) is 12.9. The van der Waals surface area contributed by atoms with Gasteiger partial charge in [-0.1, -0.05) is 67.9 Å². The summed E-state index contributed by atoms with van der Waals surface area (Å²) in [7, 11) is 0. The first-order chi connectivity index (χ1) is 8.59. The molecule has 1 unspecified atom stereocenters. The lowest BCUT2D eigenvalue weighted by atomic mass is 9.80. The maximum Gasteiger partial charge on any atom is 0.0115 e. The molecule has 0 saturated carbocycles. The summed E-state index contributed by atoms with van der Waals surface area (Å²) >= 11 is 0. The van der Waals surface area contributed by atoms with E-state index < -0.39 is 0 Å². The second-order valence-electron chi connectivity index (χ2n) is 5.49. The zero-order chi connectivity index (χ0) is 13.1. The maximum atomic E-state index is 2.30. The van der Waals surface area contributed by atoms with Crippen LogP contribution in [-0.4, -0.2) is 0 Å². The van der Waals surface area contributed by atoms with Crippen molar-refractivity contribution in [3.8, 4) is 0 Å². The fourth-order valence-corrected chi connectivity index (χ4v) is 2.63. The summed E-state index contributed by atoms with van der Waals surface area (Å²) in [5.41, 5.74) is 5.59. The fraction of sp³-hybridized carbons (Fsp3) is 0.333. The summed E-state index contributed by atoms with van der Waals surface area (Å²) in [4.78, 5) is 0. The molecule has 0 aliphatic carbocycles. The van der Waals surface area contributed by atoms with Gasteiger partial charge in [-0.25, -0.2) is 0 Å². The molecule has 0 aliphatic rings. The average Bonchev–Trinajstić information content (AvgIpc) is 2.34. The van der Waals surface area contributed by atoms with Crippen LogP contribution in [0.2, 0.25) is 0 Å². The summed E-state index contributed by atoms with van der Waals surface area (Å²) in [5, 5.41) is 0. The van der Waals surface area contributed by atoms with E-state index in [0.29, 0.717) is 11.8 Å². The van der Waals surface area contributed by atoms with Gasteiger partial charge in [0.15, 0.2) is 0 Å². The molecule has 2 aromatic rings. The molecule has 0 heteroatoms. The van der Waals surface area contributed by atoms with Crippen LogP contribution in [-0.2, 0) is 0 Å². The molecule has 0 aromatic heterocycles. The van der Waals surface area contributed by atoms with E-state index >= 15 is 0 Å². The third-order valence-corrected chi connectivity index (χ3v) is 3.63. The molecule has 94 valence electrons. The first-order valence-electron chi connectivity index (χ1n) is 6.71. The summed E-state index contributed by atoms with van der Waals surface area (Å²) in [6, 6.07) is 17.7. The van der Waals surface area contributed by atoms with Crippen LogP contribution in [0.4, 0.5) is 0 Å². The second-order valence-corrected chi connectivity index (χ2v) is 5.49. The molecule has 2 rings (SSSR count). The molecule has 0 radical (unpaired) electrons. The molecule has 0 saturated heterocycles. The Labute approximate surface area is 111 Å². The molecule has 0 fully saturated rings. The van der Waals surface area contributed by atoms with Gasteiger partial charge in [-0.2, -0.15) is 0 Å². The standard InChI is InChI=1S/C18H22/c1-13(2)18(16-11-9-14(3)10-12-16)17-8-6-5-7-15(17)4/h5-13,18H,1-4H3. The largest absolute Gasteiger partial charge is 0.0620 e. The van der Waals surface area contributed by atoms with Gasteiger partial charge in [0.05, 0.1) is 0 Å². The Morgan fingerprint density at radius 3 is 1.94 bits per heavy atom. The predicted octanol–water partition coefficient (Wildman–Crippen LogP) is 5.09. The fourth-order valence-electron chi connectivity index (χ4n) is 2.63. The number of hydrogen-bond donors (Lipinski definition) is 0. The van der Waals surface area contributed by atoms with Gasteiger partial charge < -0.3 is 0 Å². The number of rotatable bonds is 3. The van der Waals surface area contributed by atoms with Crippen molar-refractivity contribution in [1.29, 1.82) is 0 Å². The van der Waals surface area contributed by atoms with Crippen LogP contribution in [0.15, 0.2) is 48.5 Å². The maximum absolute atomic E-state index is 2.30. The highest BCUT2D eigenvalue weighted by Gasteiger charge is 2.19. The highest BCUT2D eigenvalue weighted by Crippen LogP contribution is 2.33. The van der Waals surface area contributed by atoms with Gasteiger partial charge in [-0.05, 0) is 36.5 Å². The summed E-state index contributed by atoms with van der Waals surface area (Å²) in [6.07, 6.45) is 0. The molecule has 0 bridgehead atoms. The van der Waals surface area contributed by atoms with Crippen molar-refractivity contribution in [2.24, 2.45) is 5.92 Å². The monoisotopic (exact) mass is 238 g/mol. The zero-order valence-corrected chi connectivity index (χ0v) is 11.8. The lowest BCUT2D eigenvalue weighted by Crippen LogP contribution is -2.10. The highest BCUT2D eigenvalue weighted by atomic mass is 14.2. The summed E-state index contributed by atoms with van der Waals surface area (Å²) in [5.74, 6) is 1.10. The Bertz CT molecular complexity index is 506. The Balaban J connectivity index is 2.47. The van der Waals surface area contributed by atoms with Gasteiger partial charge in [-0.15, -0.1) is 0 Å². The van der Waals surface area contributed by atoms with E-state index in [1.165, 1.54) is 22.3 Å². The second kappa shape index (κ2) is 5.39. The van der Waals surface area contributed by atoms with Crippen molar-refractivity contribution in [1.82, 2.24) is 0 Å². The molecule has 0 aliphatic heterocycles. The van der Waals surface area contributed by atoms with Crippen molar-refractivity contribution in [3.63, 3.8) is 0 Å². The Morgan fingerprint density at radius 2 is 1.39 bits per heavy atom. The minimum absolute atomic E-state index is 0.492. The van der Waals surface area contributed by atoms with Crippen molar-refractivity contribution < 1.29 is 0 Å². The van der Waals surface area contributed by atoms with Gasteiger partial charge in [-0.3, -0.25) is 0 Å². The van der Waals surface area contributed by atoms with Crippen molar-refractivity contribution in [2.45, 2.75) is 33.6 Å². The highest BCUT2D eigenvalue weighted by molar-refractivity contribution is 5.38. The molecule has 0 nitrogen and oxygen atoms in total. The van der Waals surface area contributed by atoms with Crippen LogP contribution in [0.3, 0.4) is 0 Å². The van der Waals surface area contributed by atoms with Crippen molar-refractivity contribution >= 4 is 0 Å². The van der Waals surface area contributed by atoms with Gasteiger partial charge in [0, 0.05) is 5.92 Å². The molecule has 2 aromatic carbocycles. The molecule has 0 amide bonds. The molecule has 18 heavy (non-hydrogen) atoms. The molecule has 0 heterocycles.